The Bertz CT molecular complexity index is 378. The number of ether oxygens (including phenoxy) is 2. The lowest BCUT2D eigenvalue weighted by Crippen LogP contribution is -2.44. The van der Waals surface area contributed by atoms with E-state index < -0.39 is 0 Å². The molecule has 3 rings (SSSR count). The molecule has 1 saturated heterocycles. The summed E-state index contributed by atoms with van der Waals surface area (Å²) in [6.07, 6.45) is 3.22. The Morgan fingerprint density at radius 2 is 2.05 bits per heavy atom. The van der Waals surface area contributed by atoms with Crippen LogP contribution < -0.4 is 0 Å². The largest absolute Gasteiger partial charge is 0.375 e. The summed E-state index contributed by atoms with van der Waals surface area (Å²) in [7, 11) is 0. The number of nitrogens with zero attached hydrogens (tertiary/aromatic N) is 1. The fourth-order valence-electron chi connectivity index (χ4n) is 2.65. The van der Waals surface area contributed by atoms with Crippen LogP contribution in [0.3, 0.4) is 0 Å². The number of rotatable bonds is 6. The van der Waals surface area contributed by atoms with Gasteiger partial charge in [0, 0.05) is 19.6 Å². The maximum atomic E-state index is 5.83. The predicted octanol–water partition coefficient (Wildman–Crippen LogP) is 2.31. The molecule has 19 heavy (non-hydrogen) atoms. The van der Waals surface area contributed by atoms with Crippen molar-refractivity contribution in [2.45, 2.75) is 25.6 Å². The van der Waals surface area contributed by atoms with Gasteiger partial charge >= 0.3 is 0 Å². The topological polar surface area (TPSA) is 21.7 Å². The van der Waals surface area contributed by atoms with Crippen LogP contribution >= 0.6 is 0 Å². The summed E-state index contributed by atoms with van der Waals surface area (Å²) < 4.78 is 11.6. The molecule has 1 heterocycles. The van der Waals surface area contributed by atoms with Crippen molar-refractivity contribution in [1.29, 1.82) is 0 Å². The van der Waals surface area contributed by atoms with Crippen molar-refractivity contribution in [3.05, 3.63) is 35.9 Å². The van der Waals surface area contributed by atoms with Crippen LogP contribution in [0.1, 0.15) is 18.4 Å². The zero-order valence-electron chi connectivity index (χ0n) is 11.5. The van der Waals surface area contributed by atoms with Crippen molar-refractivity contribution >= 4 is 0 Å². The summed E-state index contributed by atoms with van der Waals surface area (Å²) in [5.74, 6) is 0.841. The van der Waals surface area contributed by atoms with Gasteiger partial charge < -0.3 is 9.47 Å². The maximum absolute atomic E-state index is 5.83. The predicted molar refractivity (Wildman–Crippen MR) is 75.0 cm³/mol. The lowest BCUT2D eigenvalue weighted by atomic mass is 10.2. The summed E-state index contributed by atoms with van der Waals surface area (Å²) in [6, 6.07) is 10.4. The van der Waals surface area contributed by atoms with Gasteiger partial charge in [0.2, 0.25) is 0 Å². The second kappa shape index (κ2) is 6.51. The molecule has 0 unspecified atom stereocenters. The van der Waals surface area contributed by atoms with E-state index in [1.54, 1.807) is 0 Å². The monoisotopic (exact) mass is 261 g/mol. The molecule has 1 aliphatic carbocycles. The summed E-state index contributed by atoms with van der Waals surface area (Å²) in [4.78, 5) is 2.48. The minimum Gasteiger partial charge on any atom is -0.375 e. The summed E-state index contributed by atoms with van der Waals surface area (Å²) in [5, 5.41) is 0. The molecule has 1 atom stereocenters. The first-order valence-electron chi connectivity index (χ1n) is 7.37. The summed E-state index contributed by atoms with van der Waals surface area (Å²) in [6.45, 7) is 5.60. The third-order valence-electron chi connectivity index (χ3n) is 3.99. The molecule has 104 valence electrons. The van der Waals surface area contributed by atoms with Crippen LogP contribution in [0.2, 0.25) is 0 Å². The minimum atomic E-state index is 0.489. The van der Waals surface area contributed by atoms with Crippen LogP contribution in [0.25, 0.3) is 0 Å². The van der Waals surface area contributed by atoms with E-state index in [4.69, 9.17) is 9.47 Å². The van der Waals surface area contributed by atoms with Crippen molar-refractivity contribution in [2.24, 2.45) is 5.92 Å². The molecule has 0 bridgehead atoms. The molecule has 0 spiro atoms. The Morgan fingerprint density at radius 1 is 1.21 bits per heavy atom. The molecule has 3 nitrogen and oxygen atoms in total. The Hall–Kier alpha value is -0.900. The highest BCUT2D eigenvalue weighted by Crippen LogP contribution is 2.35. The van der Waals surface area contributed by atoms with E-state index in [1.807, 2.05) is 6.07 Å². The van der Waals surface area contributed by atoms with E-state index in [0.717, 1.165) is 45.4 Å². The molecule has 1 aromatic rings. The third kappa shape index (κ3) is 4.03. The molecule has 3 heteroatoms. The zero-order valence-corrected chi connectivity index (χ0v) is 11.5. The first kappa shape index (κ1) is 13.1. The smallest absolute Gasteiger partial charge is 0.0730 e. The zero-order chi connectivity index (χ0) is 12.9. The average molecular weight is 261 g/mol. The molecule has 1 aliphatic heterocycles. The Balaban J connectivity index is 1.33. The molecule has 0 aromatic heterocycles. The summed E-state index contributed by atoms with van der Waals surface area (Å²) >= 11 is 0. The van der Waals surface area contributed by atoms with Crippen molar-refractivity contribution in [1.82, 2.24) is 4.90 Å². The van der Waals surface area contributed by atoms with Gasteiger partial charge in [-0.2, -0.15) is 0 Å². The Kier molecular flexibility index (Phi) is 4.49. The molecular weight excluding hydrogens is 238 g/mol. The number of morpholine rings is 1. The van der Waals surface area contributed by atoms with Crippen LogP contribution in [-0.4, -0.2) is 43.9 Å². The van der Waals surface area contributed by atoms with E-state index in [0.29, 0.717) is 6.10 Å². The van der Waals surface area contributed by atoms with Gasteiger partial charge in [0.1, 0.15) is 0 Å². The van der Waals surface area contributed by atoms with Gasteiger partial charge in [-0.1, -0.05) is 30.3 Å². The third-order valence-corrected chi connectivity index (χ3v) is 3.99. The van der Waals surface area contributed by atoms with E-state index in [2.05, 4.69) is 29.2 Å². The van der Waals surface area contributed by atoms with E-state index in [1.165, 1.54) is 18.4 Å². The standard InChI is InChI=1S/C16H23NO2/c1-2-4-14(5-3-1)13-18-10-8-17-9-11-19-16(12-17)15-6-7-15/h1-5,15-16H,6-13H2/t16-/m1/s1. The summed E-state index contributed by atoms with van der Waals surface area (Å²) in [5.41, 5.74) is 1.25. The van der Waals surface area contributed by atoms with Crippen molar-refractivity contribution < 1.29 is 9.47 Å². The lowest BCUT2D eigenvalue weighted by Gasteiger charge is -2.32. The van der Waals surface area contributed by atoms with Gasteiger partial charge in [-0.3, -0.25) is 4.90 Å². The quantitative estimate of drug-likeness (QED) is 0.734. The highest BCUT2D eigenvalue weighted by Gasteiger charge is 2.34. The van der Waals surface area contributed by atoms with Gasteiger partial charge in [-0.25, -0.2) is 0 Å². The molecule has 2 aliphatic rings. The number of hydrogen-bond donors (Lipinski definition) is 0. The van der Waals surface area contributed by atoms with Crippen LogP contribution in [0.15, 0.2) is 30.3 Å². The fourth-order valence-corrected chi connectivity index (χ4v) is 2.65. The van der Waals surface area contributed by atoms with E-state index >= 15 is 0 Å². The number of benzene rings is 1. The molecule has 2 fully saturated rings. The van der Waals surface area contributed by atoms with Gasteiger partial charge in [-0.15, -0.1) is 0 Å². The second-order valence-corrected chi connectivity index (χ2v) is 5.59. The van der Waals surface area contributed by atoms with E-state index in [-0.39, 0.29) is 0 Å². The van der Waals surface area contributed by atoms with Gasteiger partial charge in [0.25, 0.3) is 0 Å². The normalized spacial score (nSPS) is 24.5. The molecule has 0 N–H and O–H groups in total. The highest BCUT2D eigenvalue weighted by atomic mass is 16.5. The van der Waals surface area contributed by atoms with Gasteiger partial charge in [0.15, 0.2) is 0 Å². The second-order valence-electron chi connectivity index (χ2n) is 5.59. The van der Waals surface area contributed by atoms with Crippen molar-refractivity contribution in [3.63, 3.8) is 0 Å². The molecular formula is C16H23NO2. The van der Waals surface area contributed by atoms with Crippen molar-refractivity contribution in [2.75, 3.05) is 32.8 Å². The minimum absolute atomic E-state index is 0.489. The van der Waals surface area contributed by atoms with Crippen LogP contribution in [0.5, 0.6) is 0 Å². The first-order chi connectivity index (χ1) is 9.42. The maximum Gasteiger partial charge on any atom is 0.0730 e. The SMILES string of the molecule is c1ccc(COCCN2CCO[C@@H](C3CC3)C2)cc1. The van der Waals surface area contributed by atoms with Crippen molar-refractivity contribution in [3.8, 4) is 0 Å². The van der Waals surface area contributed by atoms with Crippen LogP contribution in [0.4, 0.5) is 0 Å². The Labute approximate surface area is 115 Å². The molecule has 1 aromatic carbocycles. The Morgan fingerprint density at radius 3 is 2.84 bits per heavy atom. The molecule has 0 radical (unpaired) electrons. The molecule has 1 saturated carbocycles. The van der Waals surface area contributed by atoms with Crippen LogP contribution in [0, 0.1) is 5.92 Å². The van der Waals surface area contributed by atoms with Gasteiger partial charge in [-0.05, 0) is 24.3 Å². The number of hydrogen-bond acceptors (Lipinski definition) is 3. The van der Waals surface area contributed by atoms with Gasteiger partial charge in [0.05, 0.1) is 25.9 Å². The fraction of sp³-hybridized carbons (Fsp3) is 0.625. The molecule has 0 amide bonds. The average Bonchev–Trinajstić information content (AvgIpc) is 3.30. The van der Waals surface area contributed by atoms with E-state index in [9.17, 15) is 0 Å². The lowest BCUT2D eigenvalue weighted by molar-refractivity contribution is -0.0466. The van der Waals surface area contributed by atoms with Crippen LogP contribution in [-0.2, 0) is 16.1 Å². The first-order valence-corrected chi connectivity index (χ1v) is 7.37. The highest BCUT2D eigenvalue weighted by molar-refractivity contribution is 5.13.